The minimum Gasteiger partial charge on any atom is -0.348 e. The number of H-pyrrole nitrogens is 1. The first-order chi connectivity index (χ1) is 13.9. The molecule has 3 N–H and O–H groups in total. The fourth-order valence-electron chi connectivity index (χ4n) is 3.50. The smallest absolute Gasteiger partial charge is 0.272 e. The average Bonchev–Trinajstić information content (AvgIpc) is 3.37. The molecule has 1 saturated carbocycles. The Hall–Kier alpha value is -2.95. The highest BCUT2D eigenvalue weighted by Gasteiger charge is 2.27. The van der Waals surface area contributed by atoms with Gasteiger partial charge in [0.25, 0.3) is 11.8 Å². The van der Waals surface area contributed by atoms with Gasteiger partial charge in [-0.15, -0.1) is 0 Å². The predicted octanol–water partition coefficient (Wildman–Crippen LogP) is 1.82. The number of hydrogen-bond donors (Lipinski definition) is 3. The van der Waals surface area contributed by atoms with Crippen LogP contribution in [0, 0.1) is 0 Å². The summed E-state index contributed by atoms with van der Waals surface area (Å²) in [5.41, 5.74) is 1.20. The van der Waals surface area contributed by atoms with Gasteiger partial charge in [-0.3, -0.25) is 14.5 Å². The molecule has 0 bridgehead atoms. The maximum absolute atomic E-state index is 13.0. The summed E-state index contributed by atoms with van der Waals surface area (Å²) in [6.07, 6.45) is 9.26. The predicted molar refractivity (Wildman–Crippen MR) is 101 cm³/mol. The topological polar surface area (TPSA) is 113 Å². The Morgan fingerprint density at radius 2 is 2.03 bits per heavy atom. The number of aromatic amines is 1. The Bertz CT molecular complexity index is 974. The maximum Gasteiger partial charge on any atom is 0.272 e. The fourth-order valence-corrected chi connectivity index (χ4v) is 3.50. The van der Waals surface area contributed by atoms with Gasteiger partial charge < -0.3 is 10.6 Å². The molecule has 3 aromatic heterocycles. The van der Waals surface area contributed by atoms with Gasteiger partial charge in [0.15, 0.2) is 5.69 Å². The molecule has 1 amide bonds. The van der Waals surface area contributed by atoms with Crippen LogP contribution in [0.3, 0.4) is 0 Å². The molecule has 1 aliphatic rings. The lowest BCUT2D eigenvalue weighted by molar-refractivity contribution is 0.0184. The zero-order chi connectivity index (χ0) is 20.4. The van der Waals surface area contributed by atoms with Crippen LogP contribution in [0.15, 0.2) is 24.9 Å². The average molecular weight is 404 g/mol. The van der Waals surface area contributed by atoms with Crippen molar-refractivity contribution in [3.8, 4) is 5.95 Å². The molecule has 154 valence electrons. The largest absolute Gasteiger partial charge is 0.348 e. The van der Waals surface area contributed by atoms with E-state index in [1.807, 2.05) is 0 Å². The van der Waals surface area contributed by atoms with Crippen LogP contribution in [0.1, 0.15) is 43.1 Å². The highest BCUT2D eigenvalue weighted by atomic mass is 19.3. The number of rotatable bonds is 6. The Morgan fingerprint density at radius 3 is 2.72 bits per heavy atom. The van der Waals surface area contributed by atoms with E-state index >= 15 is 0 Å². The summed E-state index contributed by atoms with van der Waals surface area (Å²) in [6.45, 7) is 0.576. The molecule has 0 unspecified atom stereocenters. The lowest BCUT2D eigenvalue weighted by Gasteiger charge is -2.30. The molecule has 4 rings (SSSR count). The lowest BCUT2D eigenvalue weighted by Crippen LogP contribution is -2.44. The Kier molecular flexibility index (Phi) is 5.22. The van der Waals surface area contributed by atoms with Crippen LogP contribution in [0.25, 0.3) is 17.0 Å². The Morgan fingerprint density at radius 1 is 1.28 bits per heavy atom. The number of hydrogen-bond acceptors (Lipinski definition) is 6. The zero-order valence-corrected chi connectivity index (χ0v) is 15.9. The Balaban J connectivity index is 1.43. The van der Waals surface area contributed by atoms with E-state index in [0.29, 0.717) is 29.8 Å². The van der Waals surface area contributed by atoms with Gasteiger partial charge in [-0.2, -0.15) is 5.10 Å². The van der Waals surface area contributed by atoms with Gasteiger partial charge >= 0.3 is 0 Å². The van der Waals surface area contributed by atoms with E-state index in [2.05, 4.69) is 35.8 Å². The molecule has 0 aliphatic heterocycles. The van der Waals surface area contributed by atoms with Crippen molar-refractivity contribution in [2.45, 2.75) is 50.6 Å². The summed E-state index contributed by atoms with van der Waals surface area (Å²) >= 11 is 0. The fraction of sp³-hybridized carbons (Fsp3) is 0.500. The molecule has 0 spiro atoms. The SMILES string of the molecule is CC(F)(F)CN[C@H]1CC[C@H](NC(=O)c2nc(-n3ccnc3)nc3cn[nH]c23)CC1. The lowest BCUT2D eigenvalue weighted by atomic mass is 9.91. The minimum absolute atomic E-state index is 0.0349. The van der Waals surface area contributed by atoms with Gasteiger partial charge in [0.1, 0.15) is 17.4 Å². The first-order valence-electron chi connectivity index (χ1n) is 9.50. The van der Waals surface area contributed by atoms with Crippen molar-refractivity contribution in [1.82, 2.24) is 40.3 Å². The summed E-state index contributed by atoms with van der Waals surface area (Å²) < 4.78 is 27.6. The monoisotopic (exact) mass is 404 g/mol. The van der Waals surface area contributed by atoms with E-state index in [4.69, 9.17) is 0 Å². The van der Waals surface area contributed by atoms with Crippen molar-refractivity contribution in [2.24, 2.45) is 0 Å². The quantitative estimate of drug-likeness (QED) is 0.578. The van der Waals surface area contributed by atoms with E-state index in [1.54, 1.807) is 23.3 Å². The summed E-state index contributed by atoms with van der Waals surface area (Å²) in [5, 5.41) is 12.6. The van der Waals surface area contributed by atoms with E-state index in [9.17, 15) is 13.6 Å². The number of nitrogens with one attached hydrogen (secondary N) is 3. The third kappa shape index (κ3) is 4.56. The van der Waals surface area contributed by atoms with Gasteiger partial charge in [0.05, 0.1) is 12.7 Å². The number of nitrogens with zero attached hydrogens (tertiary/aromatic N) is 5. The van der Waals surface area contributed by atoms with Gasteiger partial charge in [-0.25, -0.2) is 23.7 Å². The van der Waals surface area contributed by atoms with E-state index < -0.39 is 5.92 Å². The summed E-state index contributed by atoms with van der Waals surface area (Å²) in [5.74, 6) is -2.71. The van der Waals surface area contributed by atoms with Gasteiger partial charge in [0, 0.05) is 31.4 Å². The number of amides is 1. The van der Waals surface area contributed by atoms with Crippen LogP contribution in [0.5, 0.6) is 0 Å². The molecular formula is C18H22F2N8O. The number of alkyl halides is 2. The number of carbonyl (C=O) groups is 1. The van der Waals surface area contributed by atoms with Crippen LogP contribution >= 0.6 is 0 Å². The number of imidazole rings is 1. The zero-order valence-electron chi connectivity index (χ0n) is 15.9. The molecule has 0 radical (unpaired) electrons. The van der Waals surface area contributed by atoms with Gasteiger partial charge in [-0.1, -0.05) is 0 Å². The molecule has 1 fully saturated rings. The number of aromatic nitrogens is 6. The van der Waals surface area contributed by atoms with Crippen LogP contribution in [-0.2, 0) is 0 Å². The van der Waals surface area contributed by atoms with Crippen molar-refractivity contribution < 1.29 is 13.6 Å². The number of halogens is 2. The highest BCUT2D eigenvalue weighted by Crippen LogP contribution is 2.21. The Labute approximate surface area is 165 Å². The third-order valence-electron chi connectivity index (χ3n) is 5.00. The first kappa shape index (κ1) is 19.4. The second kappa shape index (κ2) is 7.82. The number of carbonyl (C=O) groups excluding carboxylic acids is 1. The van der Waals surface area contributed by atoms with Crippen LogP contribution in [0.4, 0.5) is 8.78 Å². The molecule has 0 saturated heterocycles. The molecular weight excluding hydrogens is 382 g/mol. The third-order valence-corrected chi connectivity index (χ3v) is 5.00. The van der Waals surface area contributed by atoms with E-state index in [0.717, 1.165) is 19.8 Å². The summed E-state index contributed by atoms with van der Waals surface area (Å²) in [6, 6.07) is 0.00695. The van der Waals surface area contributed by atoms with Crippen molar-refractivity contribution in [3.05, 3.63) is 30.6 Å². The van der Waals surface area contributed by atoms with Crippen LogP contribution < -0.4 is 10.6 Å². The van der Waals surface area contributed by atoms with Gasteiger partial charge in [-0.05, 0) is 25.7 Å². The summed E-state index contributed by atoms with van der Waals surface area (Å²) in [4.78, 5) is 25.6. The van der Waals surface area contributed by atoms with Crippen LogP contribution in [-0.4, -0.2) is 60.2 Å². The number of fused-ring (bicyclic) bond motifs is 1. The van der Waals surface area contributed by atoms with Crippen molar-refractivity contribution in [3.63, 3.8) is 0 Å². The molecule has 3 aromatic rings. The molecule has 0 atom stereocenters. The second-order valence-corrected chi connectivity index (χ2v) is 7.45. The van der Waals surface area contributed by atoms with Crippen molar-refractivity contribution >= 4 is 16.9 Å². The van der Waals surface area contributed by atoms with E-state index in [1.165, 1.54) is 6.20 Å². The molecule has 11 heteroatoms. The normalized spacial score (nSPS) is 20.1. The molecule has 1 aliphatic carbocycles. The highest BCUT2D eigenvalue weighted by molar-refractivity contribution is 6.02. The molecule has 29 heavy (non-hydrogen) atoms. The molecule has 9 nitrogen and oxygen atoms in total. The molecule has 0 aromatic carbocycles. The first-order valence-corrected chi connectivity index (χ1v) is 9.50. The van der Waals surface area contributed by atoms with Gasteiger partial charge in [0.2, 0.25) is 5.95 Å². The van der Waals surface area contributed by atoms with Crippen molar-refractivity contribution in [1.29, 1.82) is 0 Å². The van der Waals surface area contributed by atoms with Crippen LogP contribution in [0.2, 0.25) is 0 Å². The standard InChI is InChI=1S/C18H22F2N8O/c1-18(19,20)9-22-11-2-4-12(5-3-11)24-16(29)15-14-13(8-23-27-14)25-17(26-15)28-7-6-21-10-28/h6-8,10-12,22H,2-5,9H2,1H3,(H,23,27)(H,24,29)/t11-,12-. The molecule has 3 heterocycles. The van der Waals surface area contributed by atoms with Crippen molar-refractivity contribution in [2.75, 3.05) is 6.54 Å². The summed E-state index contributed by atoms with van der Waals surface area (Å²) in [7, 11) is 0. The van der Waals surface area contributed by atoms with E-state index in [-0.39, 0.29) is 30.2 Å². The maximum atomic E-state index is 13.0. The second-order valence-electron chi connectivity index (χ2n) is 7.45. The minimum atomic E-state index is -2.72.